The molecule has 1 aromatic rings. The van der Waals surface area contributed by atoms with Crippen LogP contribution in [0.25, 0.3) is 0 Å². The second-order valence-corrected chi connectivity index (χ2v) is 7.86. The number of allylic oxidation sites excluding steroid dienone is 4. The first-order valence-electron chi connectivity index (χ1n) is 9.55. The van der Waals surface area contributed by atoms with E-state index in [0.29, 0.717) is 6.54 Å². The maximum absolute atomic E-state index is 13.1. The van der Waals surface area contributed by atoms with E-state index in [-0.39, 0.29) is 35.5 Å². The third-order valence-electron chi connectivity index (χ3n) is 6.56. The molecule has 1 saturated heterocycles. The number of fused-ring (bicyclic) bond motifs is 5. The van der Waals surface area contributed by atoms with Gasteiger partial charge in [-0.3, -0.25) is 14.5 Å². The van der Waals surface area contributed by atoms with Crippen LogP contribution in [0.2, 0.25) is 0 Å². The van der Waals surface area contributed by atoms with Gasteiger partial charge in [0.05, 0.1) is 18.4 Å². The first-order valence-corrected chi connectivity index (χ1v) is 9.55. The van der Waals surface area contributed by atoms with Crippen LogP contribution in [-0.2, 0) is 16.1 Å². The highest BCUT2D eigenvalue weighted by Gasteiger charge is 2.61. The highest BCUT2D eigenvalue weighted by atomic mass is 16.2. The van der Waals surface area contributed by atoms with E-state index in [2.05, 4.69) is 12.2 Å². The Morgan fingerprint density at radius 3 is 2.04 bits per heavy atom. The molecule has 0 aromatic heterocycles. The molecule has 2 bridgehead atoms. The Morgan fingerprint density at radius 2 is 1.44 bits per heavy atom. The molecule has 3 heteroatoms. The maximum Gasteiger partial charge on any atom is 0.234 e. The Morgan fingerprint density at radius 1 is 0.840 bits per heavy atom. The van der Waals surface area contributed by atoms with Gasteiger partial charge in [-0.25, -0.2) is 0 Å². The van der Waals surface area contributed by atoms with Crippen molar-refractivity contribution in [1.82, 2.24) is 4.90 Å². The molecule has 4 atom stereocenters. The number of rotatable bonds is 2. The van der Waals surface area contributed by atoms with Crippen molar-refractivity contribution < 1.29 is 9.59 Å². The van der Waals surface area contributed by atoms with Gasteiger partial charge >= 0.3 is 0 Å². The molecular weight excluding hydrogens is 310 g/mol. The molecule has 3 nitrogen and oxygen atoms in total. The van der Waals surface area contributed by atoms with E-state index in [0.717, 1.165) is 5.56 Å². The SMILES string of the molecule is O=C1[C@@H]2[C@@H](C(=O)N1Cc1ccccc1)[C@@H]1C=C[C@@H]2C1=C1CCCCC1. The lowest BCUT2D eigenvalue weighted by Gasteiger charge is -2.23. The fourth-order valence-corrected chi connectivity index (χ4v) is 5.49. The predicted molar refractivity (Wildman–Crippen MR) is 95.2 cm³/mol. The average Bonchev–Trinajstić information content (AvgIpc) is 3.29. The number of hydrogen-bond acceptors (Lipinski definition) is 2. The number of hydrogen-bond donors (Lipinski definition) is 0. The Kier molecular flexibility index (Phi) is 3.44. The van der Waals surface area contributed by atoms with Gasteiger partial charge in [-0.15, -0.1) is 0 Å². The molecule has 3 fully saturated rings. The van der Waals surface area contributed by atoms with Crippen LogP contribution in [0.15, 0.2) is 53.6 Å². The average molecular weight is 333 g/mol. The number of carbonyl (C=O) groups is 2. The van der Waals surface area contributed by atoms with Crippen molar-refractivity contribution in [3.8, 4) is 0 Å². The zero-order valence-electron chi connectivity index (χ0n) is 14.4. The lowest BCUT2D eigenvalue weighted by Crippen LogP contribution is -2.32. The van der Waals surface area contributed by atoms with Crippen molar-refractivity contribution in [3.63, 3.8) is 0 Å². The molecule has 1 heterocycles. The molecular formula is C22H23NO2. The highest BCUT2D eigenvalue weighted by Crippen LogP contribution is 2.57. The summed E-state index contributed by atoms with van der Waals surface area (Å²) in [5.41, 5.74) is 4.02. The minimum absolute atomic E-state index is 0.0459. The fourth-order valence-electron chi connectivity index (χ4n) is 5.49. The first-order chi connectivity index (χ1) is 12.3. The minimum atomic E-state index is -0.143. The number of amides is 2. The van der Waals surface area contributed by atoms with Gasteiger partial charge in [0.15, 0.2) is 0 Å². The summed E-state index contributed by atoms with van der Waals surface area (Å²) in [5.74, 6) is 0.168. The normalized spacial score (nSPS) is 33.5. The molecule has 0 N–H and O–H groups in total. The lowest BCUT2D eigenvalue weighted by atomic mass is 9.85. The second-order valence-electron chi connectivity index (χ2n) is 7.86. The van der Waals surface area contributed by atoms with Crippen molar-refractivity contribution in [1.29, 1.82) is 0 Å². The summed E-state index contributed by atoms with van der Waals surface area (Å²) >= 11 is 0. The summed E-state index contributed by atoms with van der Waals surface area (Å²) in [6.45, 7) is 0.414. The number of carbonyl (C=O) groups excluding carboxylic acids is 2. The Bertz CT molecular complexity index is 750. The quantitative estimate of drug-likeness (QED) is 0.609. The molecule has 128 valence electrons. The molecule has 3 aliphatic carbocycles. The lowest BCUT2D eigenvalue weighted by molar-refractivity contribution is -0.141. The van der Waals surface area contributed by atoms with Crippen LogP contribution in [-0.4, -0.2) is 16.7 Å². The second kappa shape index (κ2) is 5.69. The molecule has 4 aliphatic rings. The van der Waals surface area contributed by atoms with Gasteiger partial charge in [-0.2, -0.15) is 0 Å². The monoisotopic (exact) mass is 333 g/mol. The molecule has 1 aliphatic heterocycles. The molecule has 2 amide bonds. The van der Waals surface area contributed by atoms with Gasteiger partial charge in [0.1, 0.15) is 0 Å². The minimum Gasteiger partial charge on any atom is -0.278 e. The molecule has 0 radical (unpaired) electrons. The summed E-state index contributed by atoms with van der Waals surface area (Å²) in [7, 11) is 0. The number of likely N-dealkylation sites (tertiary alicyclic amines) is 1. The van der Waals surface area contributed by atoms with E-state index in [1.807, 2.05) is 30.3 Å². The summed E-state index contributed by atoms with van der Waals surface area (Å²) in [6.07, 6.45) is 10.6. The molecule has 5 rings (SSSR count). The van der Waals surface area contributed by atoms with Gasteiger partial charge in [-0.1, -0.05) is 60.1 Å². The van der Waals surface area contributed by atoms with Crippen LogP contribution in [0.4, 0.5) is 0 Å². The predicted octanol–water partition coefficient (Wildman–Crippen LogP) is 3.86. The fraction of sp³-hybridized carbons (Fsp3) is 0.455. The van der Waals surface area contributed by atoms with Gasteiger partial charge in [-0.05, 0) is 31.2 Å². The van der Waals surface area contributed by atoms with E-state index in [1.54, 1.807) is 5.57 Å². The third kappa shape index (κ3) is 2.18. The Balaban J connectivity index is 1.45. The zero-order valence-corrected chi connectivity index (χ0v) is 14.4. The van der Waals surface area contributed by atoms with Crippen LogP contribution >= 0.6 is 0 Å². The summed E-state index contributed by atoms with van der Waals surface area (Å²) < 4.78 is 0. The van der Waals surface area contributed by atoms with Crippen molar-refractivity contribution in [3.05, 3.63) is 59.2 Å². The van der Waals surface area contributed by atoms with Gasteiger partial charge < -0.3 is 0 Å². The van der Waals surface area contributed by atoms with Gasteiger partial charge in [0.25, 0.3) is 0 Å². The van der Waals surface area contributed by atoms with E-state index in [9.17, 15) is 9.59 Å². The Labute approximate surface area is 148 Å². The van der Waals surface area contributed by atoms with Crippen LogP contribution in [0.1, 0.15) is 37.7 Å². The summed E-state index contributed by atoms with van der Waals surface area (Å²) in [5, 5.41) is 0. The van der Waals surface area contributed by atoms with Crippen LogP contribution in [0.5, 0.6) is 0 Å². The van der Waals surface area contributed by atoms with E-state index in [4.69, 9.17) is 0 Å². The third-order valence-corrected chi connectivity index (χ3v) is 6.56. The van der Waals surface area contributed by atoms with E-state index >= 15 is 0 Å². The van der Waals surface area contributed by atoms with Crippen LogP contribution in [0.3, 0.4) is 0 Å². The molecule has 25 heavy (non-hydrogen) atoms. The van der Waals surface area contributed by atoms with E-state index in [1.165, 1.54) is 42.6 Å². The Hall–Kier alpha value is -2.16. The van der Waals surface area contributed by atoms with Crippen molar-refractivity contribution in [2.75, 3.05) is 0 Å². The largest absolute Gasteiger partial charge is 0.278 e. The standard InChI is InChI=1S/C22H23NO2/c24-21-19-16-11-12-17(18(16)15-9-5-2-6-10-15)20(19)22(25)23(21)13-14-7-3-1-4-8-14/h1,3-4,7-8,11-12,16-17,19-20H,2,5-6,9-10,13H2/t16-,17-,19+,20+/m1/s1. The molecule has 1 aromatic carbocycles. The molecule has 0 spiro atoms. The zero-order chi connectivity index (χ0) is 17.0. The van der Waals surface area contributed by atoms with Crippen LogP contribution in [0, 0.1) is 23.7 Å². The molecule has 2 saturated carbocycles. The van der Waals surface area contributed by atoms with Gasteiger partial charge in [0, 0.05) is 11.8 Å². The first kappa shape index (κ1) is 15.1. The number of imide groups is 1. The number of nitrogens with zero attached hydrogens (tertiary/aromatic N) is 1. The maximum atomic E-state index is 13.1. The van der Waals surface area contributed by atoms with Gasteiger partial charge in [0.2, 0.25) is 11.8 Å². The van der Waals surface area contributed by atoms with E-state index < -0.39 is 0 Å². The van der Waals surface area contributed by atoms with Crippen molar-refractivity contribution in [2.24, 2.45) is 23.7 Å². The van der Waals surface area contributed by atoms with Crippen molar-refractivity contribution in [2.45, 2.75) is 38.6 Å². The van der Waals surface area contributed by atoms with Crippen molar-refractivity contribution >= 4 is 11.8 Å². The summed E-state index contributed by atoms with van der Waals surface area (Å²) in [4.78, 5) is 27.7. The number of benzene rings is 1. The molecule has 0 unspecified atom stereocenters. The highest BCUT2D eigenvalue weighted by molar-refractivity contribution is 6.07. The smallest absolute Gasteiger partial charge is 0.234 e. The topological polar surface area (TPSA) is 37.4 Å². The van der Waals surface area contributed by atoms with Crippen LogP contribution < -0.4 is 0 Å². The summed E-state index contributed by atoms with van der Waals surface area (Å²) in [6, 6.07) is 9.84.